The van der Waals surface area contributed by atoms with E-state index in [-0.39, 0.29) is 17.1 Å². The summed E-state index contributed by atoms with van der Waals surface area (Å²) in [7, 11) is 0. The van der Waals surface area contributed by atoms with Gasteiger partial charge in [-0.3, -0.25) is 9.59 Å². The first-order valence-electron chi connectivity index (χ1n) is 7.81. The van der Waals surface area contributed by atoms with Crippen molar-refractivity contribution in [3.8, 4) is 0 Å². The molecule has 0 aliphatic heterocycles. The van der Waals surface area contributed by atoms with Crippen molar-refractivity contribution >= 4 is 17.6 Å². The topological polar surface area (TPSA) is 39.1 Å². The van der Waals surface area contributed by atoms with Crippen LogP contribution in [0.15, 0.2) is 48.3 Å². The van der Waals surface area contributed by atoms with Crippen molar-refractivity contribution in [2.75, 3.05) is 0 Å². The number of carbonyl (C=O) groups excluding carboxylic acids is 2. The zero-order chi connectivity index (χ0) is 15.1. The highest BCUT2D eigenvalue weighted by molar-refractivity contribution is 6.41. The Hall–Kier alpha value is -2.42. The van der Waals surface area contributed by atoms with Gasteiger partial charge in [-0.15, -0.1) is 0 Å². The average Bonchev–Trinajstić information content (AvgIpc) is 3.25. The van der Waals surface area contributed by atoms with Crippen LogP contribution in [0.5, 0.6) is 0 Å². The predicted octanol–water partition coefficient (Wildman–Crippen LogP) is 4.07. The molecule has 2 aromatic rings. The summed E-state index contributed by atoms with van der Waals surface area (Å²) in [5.74, 6) is -0.316. The molecule has 0 unspecified atom stereocenters. The van der Waals surface area contributed by atoms with Crippen molar-refractivity contribution in [3.05, 3.63) is 65.0 Å². The zero-order valence-corrected chi connectivity index (χ0v) is 12.3. The number of ketones is 2. The Bertz CT molecular complexity index is 754. The summed E-state index contributed by atoms with van der Waals surface area (Å²) in [6, 6.07) is 9.58. The van der Waals surface area contributed by atoms with Crippen LogP contribution in [0.2, 0.25) is 0 Å². The Kier molecular flexibility index (Phi) is 3.07. The lowest BCUT2D eigenvalue weighted by Gasteiger charge is -2.10. The number of benzene rings is 1. The van der Waals surface area contributed by atoms with Crippen LogP contribution in [0.4, 0.5) is 0 Å². The van der Waals surface area contributed by atoms with Crippen LogP contribution in [0.25, 0.3) is 6.08 Å². The molecule has 0 amide bonds. The molecule has 0 bridgehead atoms. The standard InChI is InChI=1S/C19H17NO2/c21-18-15-7-3-4-8-16(15)19(22)17(18)11-13-9-10-20(12-13)14-5-1-2-6-14/h3-4,7-12,14H,1-2,5-6H2. The lowest BCUT2D eigenvalue weighted by atomic mass is 10.1. The number of fused-ring (bicyclic) bond motifs is 1. The van der Waals surface area contributed by atoms with E-state index < -0.39 is 0 Å². The molecule has 1 saturated carbocycles. The maximum Gasteiger partial charge on any atom is 0.197 e. The van der Waals surface area contributed by atoms with Crippen LogP contribution in [0.3, 0.4) is 0 Å². The Balaban J connectivity index is 1.66. The van der Waals surface area contributed by atoms with Crippen molar-refractivity contribution in [1.82, 2.24) is 4.57 Å². The molecule has 4 rings (SSSR count). The molecule has 1 heterocycles. The van der Waals surface area contributed by atoms with Gasteiger partial charge in [-0.2, -0.15) is 0 Å². The summed E-state index contributed by atoms with van der Waals surface area (Å²) in [5.41, 5.74) is 2.25. The molecule has 0 N–H and O–H groups in total. The number of carbonyl (C=O) groups is 2. The third-order valence-corrected chi connectivity index (χ3v) is 4.70. The third-order valence-electron chi connectivity index (χ3n) is 4.70. The van der Waals surface area contributed by atoms with Gasteiger partial charge in [-0.1, -0.05) is 37.1 Å². The number of Topliss-reactive ketones (excluding diaryl/α,β-unsaturated/α-hetero) is 2. The van der Waals surface area contributed by atoms with Crippen LogP contribution in [-0.2, 0) is 0 Å². The molecular weight excluding hydrogens is 274 g/mol. The molecule has 110 valence electrons. The largest absolute Gasteiger partial charge is 0.351 e. The maximum absolute atomic E-state index is 12.4. The fourth-order valence-electron chi connectivity index (χ4n) is 3.52. The smallest absolute Gasteiger partial charge is 0.197 e. The minimum atomic E-state index is -0.158. The van der Waals surface area contributed by atoms with Gasteiger partial charge in [-0.05, 0) is 30.5 Å². The second-order valence-electron chi connectivity index (χ2n) is 6.09. The normalized spacial score (nSPS) is 18.1. The van der Waals surface area contributed by atoms with Gasteiger partial charge in [0.2, 0.25) is 0 Å². The maximum atomic E-state index is 12.4. The summed E-state index contributed by atoms with van der Waals surface area (Å²) in [6.45, 7) is 0. The van der Waals surface area contributed by atoms with Crippen molar-refractivity contribution in [2.45, 2.75) is 31.7 Å². The number of hydrogen-bond acceptors (Lipinski definition) is 2. The number of aromatic nitrogens is 1. The predicted molar refractivity (Wildman–Crippen MR) is 85.0 cm³/mol. The Labute approximate surface area is 129 Å². The quantitative estimate of drug-likeness (QED) is 0.618. The van der Waals surface area contributed by atoms with Crippen LogP contribution < -0.4 is 0 Å². The summed E-state index contributed by atoms with van der Waals surface area (Å²) in [4.78, 5) is 24.8. The van der Waals surface area contributed by atoms with E-state index in [0.717, 1.165) is 5.56 Å². The molecule has 22 heavy (non-hydrogen) atoms. The average molecular weight is 291 g/mol. The monoisotopic (exact) mass is 291 g/mol. The van der Waals surface area contributed by atoms with Crippen molar-refractivity contribution < 1.29 is 9.59 Å². The van der Waals surface area contributed by atoms with Gasteiger partial charge >= 0.3 is 0 Å². The minimum Gasteiger partial charge on any atom is -0.351 e. The van der Waals surface area contributed by atoms with Gasteiger partial charge in [0, 0.05) is 29.6 Å². The molecule has 1 aromatic heterocycles. The first kappa shape index (κ1) is 13.3. The van der Waals surface area contributed by atoms with E-state index in [1.165, 1.54) is 25.7 Å². The van der Waals surface area contributed by atoms with Crippen molar-refractivity contribution in [1.29, 1.82) is 0 Å². The lowest BCUT2D eigenvalue weighted by molar-refractivity contribution is 0.0990. The third kappa shape index (κ3) is 2.05. The van der Waals surface area contributed by atoms with Crippen LogP contribution in [0, 0.1) is 0 Å². The number of hydrogen-bond donors (Lipinski definition) is 0. The van der Waals surface area contributed by atoms with E-state index in [2.05, 4.69) is 10.8 Å². The summed E-state index contributed by atoms with van der Waals surface area (Å²) in [5, 5.41) is 0. The molecule has 0 atom stereocenters. The molecular formula is C19H17NO2. The molecule has 1 aromatic carbocycles. The van der Waals surface area contributed by atoms with Crippen LogP contribution in [0.1, 0.15) is 58.0 Å². The minimum absolute atomic E-state index is 0.158. The number of rotatable bonds is 2. The van der Waals surface area contributed by atoms with E-state index in [1.807, 2.05) is 12.3 Å². The van der Waals surface area contributed by atoms with Gasteiger partial charge in [0.1, 0.15) is 0 Å². The highest BCUT2D eigenvalue weighted by Crippen LogP contribution is 2.31. The van der Waals surface area contributed by atoms with Crippen molar-refractivity contribution in [2.24, 2.45) is 0 Å². The SMILES string of the molecule is O=C1C(=Cc2ccn(C3CCCC3)c2)C(=O)c2ccccc21. The first-order valence-corrected chi connectivity index (χ1v) is 7.81. The van der Waals surface area contributed by atoms with E-state index in [9.17, 15) is 9.59 Å². The van der Waals surface area contributed by atoms with E-state index in [0.29, 0.717) is 17.2 Å². The first-order chi connectivity index (χ1) is 10.7. The Morgan fingerprint density at radius 2 is 1.59 bits per heavy atom. The fraction of sp³-hybridized carbons (Fsp3) is 0.263. The van der Waals surface area contributed by atoms with Gasteiger partial charge in [0.15, 0.2) is 11.6 Å². The van der Waals surface area contributed by atoms with Gasteiger partial charge in [0.05, 0.1) is 5.57 Å². The molecule has 2 aliphatic rings. The highest BCUT2D eigenvalue weighted by atomic mass is 16.2. The number of allylic oxidation sites excluding steroid dienone is 1. The second-order valence-corrected chi connectivity index (χ2v) is 6.09. The van der Waals surface area contributed by atoms with Gasteiger partial charge in [0.25, 0.3) is 0 Å². The molecule has 3 heteroatoms. The van der Waals surface area contributed by atoms with Crippen molar-refractivity contribution in [3.63, 3.8) is 0 Å². The van der Waals surface area contributed by atoms with E-state index in [4.69, 9.17) is 0 Å². The van der Waals surface area contributed by atoms with Gasteiger partial charge in [-0.25, -0.2) is 0 Å². The van der Waals surface area contributed by atoms with E-state index >= 15 is 0 Å². The highest BCUT2D eigenvalue weighted by Gasteiger charge is 2.32. The molecule has 3 nitrogen and oxygen atoms in total. The van der Waals surface area contributed by atoms with E-state index in [1.54, 1.807) is 30.3 Å². The fourth-order valence-corrected chi connectivity index (χ4v) is 3.52. The van der Waals surface area contributed by atoms with Crippen LogP contribution >= 0.6 is 0 Å². The molecule has 1 fully saturated rings. The summed E-state index contributed by atoms with van der Waals surface area (Å²) in [6.07, 6.45) is 10.8. The van der Waals surface area contributed by atoms with Crippen LogP contribution in [-0.4, -0.2) is 16.1 Å². The second kappa shape index (κ2) is 5.09. The molecule has 0 spiro atoms. The summed E-state index contributed by atoms with van der Waals surface area (Å²) >= 11 is 0. The molecule has 0 saturated heterocycles. The molecule has 0 radical (unpaired) electrons. The Morgan fingerprint density at radius 3 is 2.23 bits per heavy atom. The summed E-state index contributed by atoms with van der Waals surface area (Å²) < 4.78 is 2.22. The lowest BCUT2D eigenvalue weighted by Crippen LogP contribution is -2.01. The number of nitrogens with zero attached hydrogens (tertiary/aromatic N) is 1. The Morgan fingerprint density at radius 1 is 0.955 bits per heavy atom. The zero-order valence-electron chi connectivity index (χ0n) is 12.3. The molecule has 2 aliphatic carbocycles. The van der Waals surface area contributed by atoms with Gasteiger partial charge < -0.3 is 4.57 Å².